The van der Waals surface area contributed by atoms with Crippen molar-refractivity contribution in [1.82, 2.24) is 9.13 Å². The highest BCUT2D eigenvalue weighted by atomic mass is 16.4. The number of para-hydroxylation sites is 4. The number of benzene rings is 6. The van der Waals surface area contributed by atoms with Gasteiger partial charge in [0, 0.05) is 32.6 Å². The molecule has 0 amide bonds. The minimum atomic E-state index is -1.68. The molecule has 2 aromatic heterocycles. The zero-order valence-corrected chi connectivity index (χ0v) is 22.1. The highest BCUT2D eigenvalue weighted by Gasteiger charge is 2.28. The third kappa shape index (κ3) is 3.50. The fraction of sp³-hybridized carbons (Fsp3) is 0. The molecule has 0 atom stereocenters. The van der Waals surface area contributed by atoms with Gasteiger partial charge in [-0.1, -0.05) is 115 Å². The molecule has 0 saturated carbocycles. The Bertz CT molecular complexity index is 2140. The first-order valence-corrected chi connectivity index (χ1v) is 13.8. The normalized spacial score (nSPS) is 11.7. The summed E-state index contributed by atoms with van der Waals surface area (Å²) in [6.07, 6.45) is 0. The number of aromatic nitrogens is 2. The SMILES string of the molecule is OB(O)c1ccc(-c2ccccc2)c(-n2c3ccccc3c3ccccc32)c1-n1c2ccccc2c2ccccc21. The van der Waals surface area contributed by atoms with Gasteiger partial charge in [-0.2, -0.15) is 0 Å². The molecule has 5 heteroatoms. The van der Waals surface area contributed by atoms with Gasteiger partial charge in [0.05, 0.1) is 33.4 Å². The molecule has 2 heterocycles. The van der Waals surface area contributed by atoms with E-state index in [-0.39, 0.29) is 0 Å². The van der Waals surface area contributed by atoms with E-state index < -0.39 is 7.12 Å². The van der Waals surface area contributed by atoms with Gasteiger partial charge in [-0.15, -0.1) is 0 Å². The molecule has 2 N–H and O–H groups in total. The summed E-state index contributed by atoms with van der Waals surface area (Å²) in [7, 11) is -1.68. The Balaban J connectivity index is 1.66. The summed E-state index contributed by atoms with van der Waals surface area (Å²) in [5.41, 5.74) is 8.23. The number of hydrogen-bond donors (Lipinski definition) is 2. The molecule has 0 fully saturated rings. The van der Waals surface area contributed by atoms with E-state index in [0.29, 0.717) is 5.46 Å². The van der Waals surface area contributed by atoms with Crippen LogP contribution >= 0.6 is 0 Å². The van der Waals surface area contributed by atoms with E-state index in [2.05, 4.69) is 106 Å². The van der Waals surface area contributed by atoms with Crippen LogP contribution in [0.15, 0.2) is 140 Å². The zero-order valence-electron chi connectivity index (χ0n) is 22.1. The molecule has 8 aromatic rings. The molecule has 194 valence electrons. The Hall–Kier alpha value is -5.10. The lowest BCUT2D eigenvalue weighted by molar-refractivity contribution is 0.425. The van der Waals surface area contributed by atoms with Crippen LogP contribution in [0.25, 0.3) is 66.1 Å². The van der Waals surface area contributed by atoms with Crippen molar-refractivity contribution < 1.29 is 10.0 Å². The molecule has 41 heavy (non-hydrogen) atoms. The second-order valence-corrected chi connectivity index (χ2v) is 10.4. The average molecular weight is 528 g/mol. The molecule has 0 saturated heterocycles. The fourth-order valence-electron chi connectivity index (χ4n) is 6.44. The van der Waals surface area contributed by atoms with Gasteiger partial charge >= 0.3 is 7.12 Å². The topological polar surface area (TPSA) is 50.3 Å². The zero-order chi connectivity index (χ0) is 27.5. The van der Waals surface area contributed by atoms with Gasteiger partial charge in [-0.05, 0) is 29.8 Å². The Labute approximate surface area is 237 Å². The summed E-state index contributed by atoms with van der Waals surface area (Å²) < 4.78 is 4.49. The van der Waals surface area contributed by atoms with Crippen LogP contribution in [-0.2, 0) is 0 Å². The maximum absolute atomic E-state index is 10.9. The van der Waals surface area contributed by atoms with Crippen LogP contribution in [0.4, 0.5) is 0 Å². The first-order chi connectivity index (χ1) is 20.2. The lowest BCUT2D eigenvalue weighted by atomic mass is 9.77. The molecule has 0 aliphatic heterocycles. The first-order valence-electron chi connectivity index (χ1n) is 13.8. The molecule has 0 aliphatic rings. The number of fused-ring (bicyclic) bond motifs is 6. The van der Waals surface area contributed by atoms with Crippen molar-refractivity contribution >= 4 is 56.2 Å². The van der Waals surface area contributed by atoms with Crippen molar-refractivity contribution in [1.29, 1.82) is 0 Å². The summed E-state index contributed by atoms with van der Waals surface area (Å²) in [5, 5.41) is 26.3. The van der Waals surface area contributed by atoms with Gasteiger partial charge in [0.25, 0.3) is 0 Å². The molecule has 4 nitrogen and oxygen atoms in total. The van der Waals surface area contributed by atoms with Crippen LogP contribution in [0.5, 0.6) is 0 Å². The lowest BCUT2D eigenvalue weighted by Crippen LogP contribution is -2.34. The minimum Gasteiger partial charge on any atom is -0.423 e. The summed E-state index contributed by atoms with van der Waals surface area (Å²) in [6.45, 7) is 0. The third-order valence-electron chi connectivity index (χ3n) is 8.15. The molecule has 0 spiro atoms. The van der Waals surface area contributed by atoms with E-state index in [4.69, 9.17) is 0 Å². The third-order valence-corrected chi connectivity index (χ3v) is 8.15. The maximum Gasteiger partial charge on any atom is 0.490 e. The molecule has 6 aromatic carbocycles. The molecule has 0 aliphatic carbocycles. The summed E-state index contributed by atoms with van der Waals surface area (Å²) >= 11 is 0. The van der Waals surface area contributed by atoms with Crippen LogP contribution in [0.3, 0.4) is 0 Å². The smallest absolute Gasteiger partial charge is 0.423 e. The predicted octanol–water partition coefficient (Wildman–Crippen LogP) is 7.23. The standard InChI is InChI=1S/C36H25BN2O2/c40-37(41)30-23-22-25(24-12-2-1-3-13-24)35(38-31-18-8-4-14-26(31)27-15-5-9-19-32(27)38)36(30)39-33-20-10-6-16-28(33)29-17-7-11-21-34(29)39/h1-23,40-41H. The van der Waals surface area contributed by atoms with Crippen molar-refractivity contribution in [2.45, 2.75) is 0 Å². The monoisotopic (exact) mass is 528 g/mol. The maximum atomic E-state index is 10.9. The molecular weight excluding hydrogens is 503 g/mol. The van der Waals surface area contributed by atoms with Gasteiger partial charge < -0.3 is 19.2 Å². The largest absolute Gasteiger partial charge is 0.490 e. The molecule has 0 bridgehead atoms. The second kappa shape index (κ2) is 9.24. The van der Waals surface area contributed by atoms with Crippen LogP contribution in [0, 0.1) is 0 Å². The Kier molecular flexibility index (Phi) is 5.35. The molecular formula is C36H25BN2O2. The molecule has 0 unspecified atom stereocenters. The van der Waals surface area contributed by atoms with Crippen molar-refractivity contribution in [2.24, 2.45) is 0 Å². The van der Waals surface area contributed by atoms with Crippen molar-refractivity contribution in [2.75, 3.05) is 0 Å². The van der Waals surface area contributed by atoms with E-state index in [1.165, 1.54) is 0 Å². The molecule has 8 rings (SSSR count). The first kappa shape index (κ1) is 23.8. The number of nitrogens with zero attached hydrogens (tertiary/aromatic N) is 2. The fourth-order valence-corrected chi connectivity index (χ4v) is 6.44. The van der Waals surface area contributed by atoms with Crippen LogP contribution < -0.4 is 5.46 Å². The number of hydrogen-bond acceptors (Lipinski definition) is 2. The summed E-state index contributed by atoms with van der Waals surface area (Å²) in [5.74, 6) is 0. The van der Waals surface area contributed by atoms with Gasteiger partial charge in [0.1, 0.15) is 0 Å². The Morgan fingerprint density at radius 3 is 1.22 bits per heavy atom. The van der Waals surface area contributed by atoms with E-state index >= 15 is 0 Å². The van der Waals surface area contributed by atoms with Gasteiger partial charge in [0.15, 0.2) is 0 Å². The highest BCUT2D eigenvalue weighted by Crippen LogP contribution is 2.41. The average Bonchev–Trinajstić information content (AvgIpc) is 3.54. The van der Waals surface area contributed by atoms with Crippen molar-refractivity contribution in [3.63, 3.8) is 0 Å². The van der Waals surface area contributed by atoms with Crippen LogP contribution in [0.1, 0.15) is 0 Å². The Morgan fingerprint density at radius 2 is 0.780 bits per heavy atom. The number of rotatable bonds is 4. The highest BCUT2D eigenvalue weighted by molar-refractivity contribution is 6.60. The van der Waals surface area contributed by atoms with Crippen molar-refractivity contribution in [3.05, 3.63) is 140 Å². The van der Waals surface area contributed by atoms with E-state index in [9.17, 15) is 10.0 Å². The van der Waals surface area contributed by atoms with Crippen molar-refractivity contribution in [3.8, 4) is 22.5 Å². The minimum absolute atomic E-state index is 0.438. The van der Waals surface area contributed by atoms with Gasteiger partial charge in [-0.25, -0.2) is 0 Å². The van der Waals surface area contributed by atoms with E-state index in [1.54, 1.807) is 0 Å². The summed E-state index contributed by atoms with van der Waals surface area (Å²) in [4.78, 5) is 0. The van der Waals surface area contributed by atoms with Crippen LogP contribution in [-0.4, -0.2) is 26.3 Å². The van der Waals surface area contributed by atoms with Gasteiger partial charge in [-0.3, -0.25) is 0 Å². The van der Waals surface area contributed by atoms with E-state index in [1.807, 2.05) is 42.5 Å². The predicted molar refractivity (Wildman–Crippen MR) is 170 cm³/mol. The Morgan fingerprint density at radius 1 is 0.390 bits per heavy atom. The molecule has 0 radical (unpaired) electrons. The quantitative estimate of drug-likeness (QED) is 0.237. The van der Waals surface area contributed by atoms with E-state index in [0.717, 1.165) is 66.1 Å². The van der Waals surface area contributed by atoms with Gasteiger partial charge in [0.2, 0.25) is 0 Å². The lowest BCUT2D eigenvalue weighted by Gasteiger charge is -2.23. The van der Waals surface area contributed by atoms with Crippen LogP contribution in [0.2, 0.25) is 0 Å². The summed E-state index contributed by atoms with van der Waals surface area (Å²) in [6, 6.07) is 47.7. The second-order valence-electron chi connectivity index (χ2n) is 10.4.